The lowest BCUT2D eigenvalue weighted by Gasteiger charge is -2.13. The van der Waals surface area contributed by atoms with Crippen LogP contribution in [0.2, 0.25) is 0 Å². The van der Waals surface area contributed by atoms with E-state index in [-0.39, 0.29) is 18.0 Å². The highest BCUT2D eigenvalue weighted by molar-refractivity contribution is 5.88. The summed E-state index contributed by atoms with van der Waals surface area (Å²) in [5.41, 5.74) is 1.85. The number of carbonyl (C=O) groups is 2. The number of hydrogen-bond donors (Lipinski definition) is 2. The van der Waals surface area contributed by atoms with Crippen molar-refractivity contribution in [2.75, 3.05) is 11.9 Å². The molecule has 0 atom stereocenters. The van der Waals surface area contributed by atoms with Gasteiger partial charge in [0.2, 0.25) is 0 Å². The lowest BCUT2D eigenvalue weighted by Crippen LogP contribution is -2.08. The average molecular weight is 343 g/mol. The van der Waals surface area contributed by atoms with Gasteiger partial charge in [-0.05, 0) is 42.8 Å². The molecule has 0 saturated carbocycles. The van der Waals surface area contributed by atoms with Gasteiger partial charge in [-0.15, -0.1) is 0 Å². The quantitative estimate of drug-likeness (QED) is 0.561. The molecule has 0 aromatic heterocycles. The Bertz CT molecular complexity index is 757. The van der Waals surface area contributed by atoms with Gasteiger partial charge in [0.05, 0.1) is 12.2 Å². The van der Waals surface area contributed by atoms with Crippen LogP contribution in [-0.4, -0.2) is 23.7 Å². The van der Waals surface area contributed by atoms with Gasteiger partial charge in [-0.25, -0.2) is 4.79 Å². The molecule has 2 rings (SSSR count). The van der Waals surface area contributed by atoms with Crippen molar-refractivity contribution in [1.29, 1.82) is 0 Å². The van der Waals surface area contributed by atoms with E-state index < -0.39 is 5.97 Å². The Kier molecular flexibility index (Phi) is 6.39. The number of carbonyl (C=O) groups excluding carboxylic acids is 1. The van der Waals surface area contributed by atoms with E-state index in [0.29, 0.717) is 30.3 Å². The van der Waals surface area contributed by atoms with E-state index >= 15 is 0 Å². The molecular weight excluding hydrogens is 322 g/mol. The Hall–Kier alpha value is -3.02. The summed E-state index contributed by atoms with van der Waals surface area (Å²) in [5, 5.41) is 12.2. The van der Waals surface area contributed by atoms with Crippen LogP contribution in [0.25, 0.3) is 0 Å². The fourth-order valence-electron chi connectivity index (χ4n) is 2.18. The van der Waals surface area contributed by atoms with Crippen molar-refractivity contribution in [1.82, 2.24) is 0 Å². The van der Waals surface area contributed by atoms with Crippen molar-refractivity contribution in [2.45, 2.75) is 26.8 Å². The van der Waals surface area contributed by atoms with E-state index in [4.69, 9.17) is 14.6 Å². The minimum atomic E-state index is -0.968. The van der Waals surface area contributed by atoms with Crippen molar-refractivity contribution in [2.24, 2.45) is 0 Å². The molecule has 25 heavy (non-hydrogen) atoms. The number of nitrogens with one attached hydrogen (secondary N) is 1. The lowest BCUT2D eigenvalue weighted by atomic mass is 10.1. The Balaban J connectivity index is 2.11. The Labute approximate surface area is 146 Å². The number of aromatic carboxylic acids is 1. The van der Waals surface area contributed by atoms with Crippen LogP contribution in [0.3, 0.4) is 0 Å². The van der Waals surface area contributed by atoms with Crippen LogP contribution < -0.4 is 14.8 Å². The summed E-state index contributed by atoms with van der Waals surface area (Å²) in [4.78, 5) is 22.5. The number of benzene rings is 2. The van der Waals surface area contributed by atoms with Crippen LogP contribution in [0.4, 0.5) is 5.69 Å². The first-order valence-electron chi connectivity index (χ1n) is 8.07. The molecule has 2 N–H and O–H groups in total. The van der Waals surface area contributed by atoms with Crippen LogP contribution in [0, 0.1) is 0 Å². The van der Waals surface area contributed by atoms with Crippen LogP contribution in [0.1, 0.15) is 36.2 Å². The van der Waals surface area contributed by atoms with Crippen molar-refractivity contribution in [3.8, 4) is 11.5 Å². The molecule has 0 radical (unpaired) electrons. The van der Waals surface area contributed by atoms with Crippen molar-refractivity contribution < 1.29 is 24.2 Å². The van der Waals surface area contributed by atoms with Crippen molar-refractivity contribution in [3.63, 3.8) is 0 Å². The average Bonchev–Trinajstić information content (AvgIpc) is 2.62. The van der Waals surface area contributed by atoms with E-state index in [1.165, 1.54) is 6.07 Å². The highest BCUT2D eigenvalue weighted by Gasteiger charge is 2.10. The number of hydrogen-bond acceptors (Lipinski definition) is 5. The molecule has 0 heterocycles. The number of carboxylic acid groups (broad SMARTS) is 1. The van der Waals surface area contributed by atoms with Gasteiger partial charge in [0.1, 0.15) is 0 Å². The van der Waals surface area contributed by atoms with Gasteiger partial charge in [0.25, 0.3) is 0 Å². The van der Waals surface area contributed by atoms with Crippen LogP contribution in [0.15, 0.2) is 42.5 Å². The third kappa shape index (κ3) is 5.24. The minimum absolute atomic E-state index is 0.224. The first-order valence-corrected chi connectivity index (χ1v) is 8.07. The number of ether oxygens (including phenoxy) is 2. The zero-order valence-corrected chi connectivity index (χ0v) is 14.2. The monoisotopic (exact) mass is 343 g/mol. The molecule has 2 aromatic rings. The zero-order valence-electron chi connectivity index (χ0n) is 14.2. The third-order valence-corrected chi connectivity index (χ3v) is 3.43. The number of carboxylic acids is 1. The summed E-state index contributed by atoms with van der Waals surface area (Å²) in [7, 11) is 0. The summed E-state index contributed by atoms with van der Waals surface area (Å²) >= 11 is 0. The van der Waals surface area contributed by atoms with Crippen LogP contribution in [0.5, 0.6) is 11.5 Å². The molecule has 0 unspecified atom stereocenters. The summed E-state index contributed by atoms with van der Waals surface area (Å²) in [6, 6.07) is 11.9. The molecule has 0 saturated heterocycles. The maximum absolute atomic E-state index is 11.5. The third-order valence-electron chi connectivity index (χ3n) is 3.43. The van der Waals surface area contributed by atoms with Crippen molar-refractivity contribution >= 4 is 17.6 Å². The lowest BCUT2D eigenvalue weighted by molar-refractivity contribution is -0.134. The van der Waals surface area contributed by atoms with Crippen LogP contribution in [-0.2, 0) is 11.3 Å². The highest BCUT2D eigenvalue weighted by Crippen LogP contribution is 2.29. The largest absolute Gasteiger partial charge is 0.490 e. The summed E-state index contributed by atoms with van der Waals surface area (Å²) in [5.74, 6) is -0.394. The van der Waals surface area contributed by atoms with E-state index in [1.54, 1.807) is 37.3 Å². The van der Waals surface area contributed by atoms with Gasteiger partial charge in [0, 0.05) is 18.7 Å². The van der Waals surface area contributed by atoms with Gasteiger partial charge in [0.15, 0.2) is 11.5 Å². The van der Waals surface area contributed by atoms with E-state index in [2.05, 4.69) is 5.32 Å². The van der Waals surface area contributed by atoms with Gasteiger partial charge in [-0.2, -0.15) is 0 Å². The number of esters is 1. The molecule has 0 fully saturated rings. The predicted octanol–water partition coefficient (Wildman–Crippen LogP) is 3.71. The summed E-state index contributed by atoms with van der Waals surface area (Å²) in [6.07, 6.45) is 0.286. The summed E-state index contributed by atoms with van der Waals surface area (Å²) < 4.78 is 10.8. The highest BCUT2D eigenvalue weighted by atomic mass is 16.6. The fourth-order valence-corrected chi connectivity index (χ4v) is 2.18. The molecule has 0 aliphatic heterocycles. The Morgan fingerprint density at radius 2 is 1.88 bits per heavy atom. The normalized spacial score (nSPS) is 10.2. The maximum atomic E-state index is 11.5. The second-order valence-electron chi connectivity index (χ2n) is 5.28. The smallest absolute Gasteiger partial charge is 0.335 e. The van der Waals surface area contributed by atoms with Gasteiger partial charge >= 0.3 is 11.9 Å². The number of anilines is 1. The van der Waals surface area contributed by atoms with E-state index in [9.17, 15) is 9.59 Å². The van der Waals surface area contributed by atoms with Crippen molar-refractivity contribution in [3.05, 3.63) is 53.6 Å². The van der Waals surface area contributed by atoms with Gasteiger partial charge in [-0.3, -0.25) is 4.79 Å². The Morgan fingerprint density at radius 3 is 2.56 bits per heavy atom. The first-order chi connectivity index (χ1) is 12.0. The molecule has 0 bridgehead atoms. The minimum Gasteiger partial charge on any atom is -0.490 e. The molecule has 0 amide bonds. The molecule has 132 valence electrons. The van der Waals surface area contributed by atoms with Crippen LogP contribution >= 0.6 is 0 Å². The molecule has 6 heteroatoms. The molecule has 2 aromatic carbocycles. The number of rotatable bonds is 8. The predicted molar refractivity (Wildman–Crippen MR) is 94.3 cm³/mol. The standard InChI is InChI=1S/C19H21NO5/c1-3-18(21)25-16-9-8-13(10-17(16)24-4-2)12-20-15-7-5-6-14(11-15)19(22)23/h5-11,20H,3-4,12H2,1-2H3,(H,22,23). The zero-order chi connectivity index (χ0) is 18.2. The summed E-state index contributed by atoms with van der Waals surface area (Å²) in [6.45, 7) is 4.51. The first kappa shape index (κ1) is 18.3. The maximum Gasteiger partial charge on any atom is 0.335 e. The van der Waals surface area contributed by atoms with E-state index in [1.807, 2.05) is 13.0 Å². The molecule has 0 aliphatic carbocycles. The molecule has 0 spiro atoms. The van der Waals surface area contributed by atoms with Gasteiger partial charge < -0.3 is 19.9 Å². The molecule has 0 aliphatic rings. The topological polar surface area (TPSA) is 84.9 Å². The fraction of sp³-hybridized carbons (Fsp3) is 0.263. The SMILES string of the molecule is CCOc1cc(CNc2cccc(C(=O)O)c2)ccc1OC(=O)CC. The Morgan fingerprint density at radius 1 is 1.08 bits per heavy atom. The van der Waals surface area contributed by atoms with Gasteiger partial charge in [-0.1, -0.05) is 19.1 Å². The molecule has 6 nitrogen and oxygen atoms in total. The second kappa shape index (κ2) is 8.73. The van der Waals surface area contributed by atoms with E-state index in [0.717, 1.165) is 5.56 Å². The second-order valence-corrected chi connectivity index (χ2v) is 5.28. The molecular formula is C19H21NO5.